The fraction of sp³-hybridized carbons (Fsp3) is 0.258. The maximum Gasteiger partial charge on any atom is 0.159 e. The Morgan fingerprint density at radius 2 is 2.05 bits per heavy atom. The first-order chi connectivity index (χ1) is 20.1. The number of rotatable bonds is 10. The predicted octanol–water partition coefficient (Wildman–Crippen LogP) is 5.34. The van der Waals surface area contributed by atoms with Gasteiger partial charge in [-0.25, -0.2) is 19.5 Å². The molecule has 0 bridgehead atoms. The van der Waals surface area contributed by atoms with E-state index in [-0.39, 0.29) is 18.2 Å². The van der Waals surface area contributed by atoms with Crippen LogP contribution in [0.2, 0.25) is 0 Å². The number of carbonyl (C=O) groups is 1. The highest BCUT2D eigenvalue weighted by molar-refractivity contribution is 5.96. The van der Waals surface area contributed by atoms with E-state index in [2.05, 4.69) is 30.7 Å². The largest absolute Gasteiger partial charge is 0.494 e. The summed E-state index contributed by atoms with van der Waals surface area (Å²) >= 11 is 0. The number of aryl methyl sites for hydroxylation is 1. The molecule has 4 heterocycles. The average Bonchev–Trinajstić information content (AvgIpc) is 3.66. The van der Waals surface area contributed by atoms with E-state index in [9.17, 15) is 4.79 Å². The van der Waals surface area contributed by atoms with Crippen molar-refractivity contribution in [1.29, 1.82) is 0 Å². The fourth-order valence-electron chi connectivity index (χ4n) is 4.97. The van der Waals surface area contributed by atoms with Gasteiger partial charge in [-0.05, 0) is 75.2 Å². The molecule has 0 saturated carbocycles. The summed E-state index contributed by atoms with van der Waals surface area (Å²) in [4.78, 5) is 26.0. The first-order valence-electron chi connectivity index (χ1n) is 13.8. The lowest BCUT2D eigenvalue weighted by atomic mass is 10.0. The van der Waals surface area contributed by atoms with Crippen molar-refractivity contribution in [2.75, 3.05) is 18.5 Å². The highest BCUT2D eigenvalue weighted by Crippen LogP contribution is 2.32. The number of nitrogens with one attached hydrogen (secondary N) is 2. The molecule has 6 rings (SSSR count). The molecule has 0 radical (unpaired) electrons. The van der Waals surface area contributed by atoms with Crippen LogP contribution in [0.3, 0.4) is 0 Å². The molecule has 0 unspecified atom stereocenters. The van der Waals surface area contributed by atoms with E-state index in [1.54, 1.807) is 10.6 Å². The van der Waals surface area contributed by atoms with Gasteiger partial charge in [0.2, 0.25) is 0 Å². The SMILES string of the molecule is CCOc1cc2ncnc(Nc3ccc(Oc4ccn5ncnc5c4)c(C)c3)c2cc1CC(=O)/C=C/[C@H]1CCCN1. The maximum atomic E-state index is 12.9. The Morgan fingerprint density at radius 1 is 1.12 bits per heavy atom. The van der Waals surface area contributed by atoms with Crippen molar-refractivity contribution < 1.29 is 14.3 Å². The number of benzene rings is 2. The second-order valence-electron chi connectivity index (χ2n) is 9.97. The third kappa shape index (κ3) is 6.02. The van der Waals surface area contributed by atoms with Gasteiger partial charge in [0, 0.05) is 47.4 Å². The monoisotopic (exact) mass is 549 g/mol. The van der Waals surface area contributed by atoms with Crippen molar-refractivity contribution >= 4 is 33.8 Å². The van der Waals surface area contributed by atoms with Crippen molar-refractivity contribution in [3.63, 3.8) is 0 Å². The van der Waals surface area contributed by atoms with Crippen LogP contribution < -0.4 is 20.1 Å². The molecule has 0 spiro atoms. The highest BCUT2D eigenvalue weighted by atomic mass is 16.5. The number of ether oxygens (including phenoxy) is 2. The Hall–Kier alpha value is -4.83. The van der Waals surface area contributed by atoms with Crippen molar-refractivity contribution in [1.82, 2.24) is 29.9 Å². The van der Waals surface area contributed by atoms with E-state index in [0.29, 0.717) is 29.6 Å². The number of aromatic nitrogens is 5. The Kier molecular flexibility index (Phi) is 7.55. The lowest BCUT2D eigenvalue weighted by Crippen LogP contribution is -2.18. The summed E-state index contributed by atoms with van der Waals surface area (Å²) in [5.41, 5.74) is 4.04. The van der Waals surface area contributed by atoms with Gasteiger partial charge in [-0.2, -0.15) is 5.10 Å². The molecule has 208 valence electrons. The predicted molar refractivity (Wildman–Crippen MR) is 157 cm³/mol. The zero-order chi connectivity index (χ0) is 28.2. The van der Waals surface area contributed by atoms with Crippen LogP contribution in [0, 0.1) is 6.92 Å². The summed E-state index contributed by atoms with van der Waals surface area (Å²) in [6.45, 7) is 5.40. The van der Waals surface area contributed by atoms with E-state index in [0.717, 1.165) is 52.9 Å². The zero-order valence-electron chi connectivity index (χ0n) is 23.0. The molecule has 5 aromatic rings. The number of hydrogen-bond acceptors (Lipinski definition) is 9. The molecule has 0 amide bonds. The molecule has 1 aliphatic rings. The second kappa shape index (κ2) is 11.7. The van der Waals surface area contributed by atoms with Crippen LogP contribution in [-0.2, 0) is 11.2 Å². The van der Waals surface area contributed by atoms with Crippen LogP contribution in [0.4, 0.5) is 11.5 Å². The van der Waals surface area contributed by atoms with Crippen molar-refractivity contribution in [2.45, 2.75) is 39.2 Å². The molecule has 0 aliphatic carbocycles. The molecule has 1 atom stereocenters. The lowest BCUT2D eigenvalue weighted by molar-refractivity contribution is -0.114. The van der Waals surface area contributed by atoms with E-state index in [1.165, 1.54) is 12.7 Å². The van der Waals surface area contributed by atoms with Crippen LogP contribution in [-0.4, -0.2) is 49.5 Å². The number of anilines is 2. The normalized spacial score (nSPS) is 15.1. The Balaban J connectivity index is 1.23. The molecule has 1 fully saturated rings. The van der Waals surface area contributed by atoms with Crippen LogP contribution in [0.15, 0.2) is 73.5 Å². The quantitative estimate of drug-likeness (QED) is 0.223. The minimum Gasteiger partial charge on any atom is -0.494 e. The first-order valence-corrected chi connectivity index (χ1v) is 13.8. The molecule has 1 aliphatic heterocycles. The van der Waals surface area contributed by atoms with Crippen LogP contribution in [0.25, 0.3) is 16.6 Å². The standard InChI is InChI=1S/C31H31N7O3/c1-3-40-29-17-27-26(15-21(29)14-24(39)8-6-22-5-4-11-32-22)31(35-18-33-27)37-23-7-9-28(20(2)13-23)41-25-10-12-38-30(16-25)34-19-36-38/h6-10,12-13,15-19,22,32H,3-5,11,14H2,1-2H3,(H,33,35,37)/b8-6+/t22-/m1/s1. The minimum absolute atomic E-state index is 0.0275. The molecule has 3 aromatic heterocycles. The topological polar surface area (TPSA) is 116 Å². The van der Waals surface area contributed by atoms with Gasteiger partial charge in [0.25, 0.3) is 0 Å². The summed E-state index contributed by atoms with van der Waals surface area (Å²) in [5.74, 6) is 2.74. The summed E-state index contributed by atoms with van der Waals surface area (Å²) in [7, 11) is 0. The fourth-order valence-corrected chi connectivity index (χ4v) is 4.97. The number of nitrogens with zero attached hydrogens (tertiary/aromatic N) is 5. The molecule has 2 N–H and O–H groups in total. The molecule has 10 nitrogen and oxygen atoms in total. The van der Waals surface area contributed by atoms with Crippen LogP contribution >= 0.6 is 0 Å². The second-order valence-corrected chi connectivity index (χ2v) is 9.97. The molecule has 2 aromatic carbocycles. The van der Waals surface area contributed by atoms with Crippen molar-refractivity contribution in [3.05, 3.63) is 84.6 Å². The number of allylic oxidation sites excluding steroid dienone is 1. The van der Waals surface area contributed by atoms with Gasteiger partial charge in [0.05, 0.1) is 12.1 Å². The maximum absolute atomic E-state index is 12.9. The summed E-state index contributed by atoms with van der Waals surface area (Å²) in [6.07, 6.45) is 10.9. The zero-order valence-corrected chi connectivity index (χ0v) is 23.0. The van der Waals surface area contributed by atoms with Crippen molar-refractivity contribution in [3.8, 4) is 17.2 Å². The van der Waals surface area contributed by atoms with Gasteiger partial charge < -0.3 is 20.1 Å². The first kappa shape index (κ1) is 26.4. The molecule has 10 heteroatoms. The van der Waals surface area contributed by atoms with Crippen molar-refractivity contribution in [2.24, 2.45) is 0 Å². The Labute approximate surface area is 237 Å². The van der Waals surface area contributed by atoms with E-state index >= 15 is 0 Å². The highest BCUT2D eigenvalue weighted by Gasteiger charge is 2.15. The number of hydrogen-bond donors (Lipinski definition) is 2. The number of fused-ring (bicyclic) bond motifs is 2. The van der Waals surface area contributed by atoms with Crippen LogP contribution in [0.1, 0.15) is 30.9 Å². The Morgan fingerprint density at radius 3 is 2.88 bits per heavy atom. The van der Waals surface area contributed by atoms with Gasteiger partial charge in [-0.1, -0.05) is 6.08 Å². The third-order valence-corrected chi connectivity index (χ3v) is 7.01. The Bertz CT molecular complexity index is 1740. The molecule has 1 saturated heterocycles. The molecular formula is C31H31N7O3. The number of ketones is 1. The summed E-state index contributed by atoms with van der Waals surface area (Å²) in [6, 6.07) is 13.6. The average molecular weight is 550 g/mol. The van der Waals surface area contributed by atoms with Gasteiger partial charge in [-0.15, -0.1) is 0 Å². The molecule has 41 heavy (non-hydrogen) atoms. The van der Waals surface area contributed by atoms with E-state index in [1.807, 2.05) is 68.6 Å². The molecular weight excluding hydrogens is 518 g/mol. The van der Waals surface area contributed by atoms with Gasteiger partial charge >= 0.3 is 0 Å². The van der Waals surface area contributed by atoms with E-state index in [4.69, 9.17) is 9.47 Å². The number of carbonyl (C=O) groups excluding carboxylic acids is 1. The lowest BCUT2D eigenvalue weighted by Gasteiger charge is -2.14. The third-order valence-electron chi connectivity index (χ3n) is 7.01. The van der Waals surface area contributed by atoms with Crippen LogP contribution in [0.5, 0.6) is 17.2 Å². The van der Waals surface area contributed by atoms with E-state index < -0.39 is 0 Å². The summed E-state index contributed by atoms with van der Waals surface area (Å²) < 4.78 is 13.7. The minimum atomic E-state index is 0.0275. The van der Waals surface area contributed by atoms with Gasteiger partial charge in [0.1, 0.15) is 35.7 Å². The summed E-state index contributed by atoms with van der Waals surface area (Å²) in [5, 5.41) is 11.7. The van der Waals surface area contributed by atoms with Gasteiger partial charge in [-0.3, -0.25) is 4.79 Å². The van der Waals surface area contributed by atoms with Gasteiger partial charge in [0.15, 0.2) is 11.4 Å². The smallest absolute Gasteiger partial charge is 0.159 e. The number of pyridine rings is 1.